The molecule has 1 saturated carbocycles. The molecule has 174 valence electrons. The van der Waals surface area contributed by atoms with Crippen molar-refractivity contribution in [3.05, 3.63) is 59.9 Å². The van der Waals surface area contributed by atoms with Gasteiger partial charge in [0.05, 0.1) is 37.4 Å². The first-order valence-corrected chi connectivity index (χ1v) is 10.6. The van der Waals surface area contributed by atoms with Crippen LogP contribution < -0.4 is 14.8 Å². The Hall–Kier alpha value is -4.08. The highest BCUT2D eigenvalue weighted by molar-refractivity contribution is 5.99. The predicted octanol–water partition coefficient (Wildman–Crippen LogP) is 4.31. The molecular formula is C24H21F2N5O3. The van der Waals surface area contributed by atoms with Crippen molar-refractivity contribution in [2.75, 3.05) is 14.2 Å². The molecule has 1 amide bonds. The minimum atomic E-state index is -2.85. The molecule has 1 aliphatic carbocycles. The number of benzene rings is 1. The summed E-state index contributed by atoms with van der Waals surface area (Å²) in [6.07, 6.45) is 2.21. The number of halogens is 2. The number of hydrogen-bond acceptors (Lipinski definition) is 6. The summed E-state index contributed by atoms with van der Waals surface area (Å²) in [5.41, 5.74) is 2.54. The highest BCUT2D eigenvalue weighted by atomic mass is 19.3. The van der Waals surface area contributed by atoms with Crippen LogP contribution in [0.1, 0.15) is 35.2 Å². The molecular weight excluding hydrogens is 444 g/mol. The summed E-state index contributed by atoms with van der Waals surface area (Å²) in [6.45, 7) is 0. The molecule has 8 nitrogen and oxygen atoms in total. The van der Waals surface area contributed by atoms with Gasteiger partial charge in [0.15, 0.2) is 0 Å². The molecule has 3 heterocycles. The molecule has 0 aliphatic heterocycles. The number of carbonyl (C=O) groups is 1. The van der Waals surface area contributed by atoms with Gasteiger partial charge in [-0.15, -0.1) is 10.2 Å². The van der Waals surface area contributed by atoms with Gasteiger partial charge in [-0.1, -0.05) is 0 Å². The SMILES string of the molecule is COc1ccc(-c2ccn3c(-c4cc(OC)c(C(=O)NC5CC5)c(C(F)F)c4)cnc3c2)nn1. The fourth-order valence-corrected chi connectivity index (χ4v) is 3.78. The van der Waals surface area contributed by atoms with Crippen molar-refractivity contribution in [3.63, 3.8) is 0 Å². The highest BCUT2D eigenvalue weighted by Gasteiger charge is 2.29. The van der Waals surface area contributed by atoms with Crippen molar-refractivity contribution in [1.29, 1.82) is 0 Å². The normalized spacial score (nSPS) is 13.3. The van der Waals surface area contributed by atoms with Crippen LogP contribution in [0.5, 0.6) is 11.6 Å². The van der Waals surface area contributed by atoms with Gasteiger partial charge in [-0.25, -0.2) is 13.8 Å². The fourth-order valence-electron chi connectivity index (χ4n) is 3.78. The topological polar surface area (TPSA) is 90.6 Å². The van der Waals surface area contributed by atoms with Crippen LogP contribution in [0.15, 0.2) is 48.8 Å². The van der Waals surface area contributed by atoms with Crippen molar-refractivity contribution >= 4 is 11.6 Å². The number of nitrogens with zero attached hydrogens (tertiary/aromatic N) is 4. The minimum absolute atomic E-state index is 0.0331. The number of rotatable bonds is 7. The van der Waals surface area contributed by atoms with Crippen LogP contribution in [0.25, 0.3) is 28.2 Å². The summed E-state index contributed by atoms with van der Waals surface area (Å²) in [5, 5.41) is 10.9. The van der Waals surface area contributed by atoms with Gasteiger partial charge in [-0.3, -0.25) is 9.20 Å². The maximum absolute atomic E-state index is 14.0. The van der Waals surface area contributed by atoms with Crippen LogP contribution in [0.2, 0.25) is 0 Å². The average molecular weight is 465 g/mol. The van der Waals surface area contributed by atoms with Gasteiger partial charge in [-0.2, -0.15) is 0 Å². The van der Waals surface area contributed by atoms with Crippen LogP contribution >= 0.6 is 0 Å². The summed E-state index contributed by atoms with van der Waals surface area (Å²) in [5.74, 6) is -0.0541. The van der Waals surface area contributed by atoms with Gasteiger partial charge in [-0.05, 0) is 43.2 Å². The predicted molar refractivity (Wildman–Crippen MR) is 120 cm³/mol. The maximum Gasteiger partial charge on any atom is 0.264 e. The Balaban J connectivity index is 1.56. The number of nitrogens with one attached hydrogen (secondary N) is 1. The lowest BCUT2D eigenvalue weighted by Crippen LogP contribution is -2.27. The zero-order chi connectivity index (χ0) is 23.8. The van der Waals surface area contributed by atoms with E-state index in [0.29, 0.717) is 28.5 Å². The third-order valence-corrected chi connectivity index (χ3v) is 5.68. The Morgan fingerprint density at radius 3 is 2.56 bits per heavy atom. The first-order valence-electron chi connectivity index (χ1n) is 10.6. The Kier molecular flexibility index (Phi) is 5.56. The van der Waals surface area contributed by atoms with Crippen LogP contribution in [0, 0.1) is 0 Å². The van der Waals surface area contributed by atoms with E-state index in [1.807, 2.05) is 12.1 Å². The Morgan fingerprint density at radius 2 is 1.91 bits per heavy atom. The third-order valence-electron chi connectivity index (χ3n) is 5.68. The largest absolute Gasteiger partial charge is 0.496 e. The molecule has 3 aromatic heterocycles. The van der Waals surface area contributed by atoms with Crippen molar-refractivity contribution in [3.8, 4) is 34.1 Å². The number of amides is 1. The number of methoxy groups -OCH3 is 2. The number of fused-ring (bicyclic) bond motifs is 1. The number of aromatic nitrogens is 4. The maximum atomic E-state index is 14.0. The van der Waals surface area contributed by atoms with E-state index in [0.717, 1.165) is 18.4 Å². The van der Waals surface area contributed by atoms with Crippen LogP contribution in [0.3, 0.4) is 0 Å². The molecule has 0 spiro atoms. The van der Waals surface area contributed by atoms with E-state index >= 15 is 0 Å². The first-order chi connectivity index (χ1) is 16.5. The first kappa shape index (κ1) is 21.7. The van der Waals surface area contributed by atoms with Gasteiger partial charge in [0.25, 0.3) is 12.3 Å². The summed E-state index contributed by atoms with van der Waals surface area (Å²) in [4.78, 5) is 17.1. The molecule has 1 aromatic carbocycles. The number of carbonyl (C=O) groups excluding carboxylic acids is 1. The number of hydrogen-bond donors (Lipinski definition) is 1. The Bertz CT molecular complexity index is 1370. The molecule has 0 saturated heterocycles. The Morgan fingerprint density at radius 1 is 1.09 bits per heavy atom. The summed E-state index contributed by atoms with van der Waals surface area (Å²) in [7, 11) is 2.88. The molecule has 1 fully saturated rings. The van der Waals surface area contributed by atoms with Crippen molar-refractivity contribution in [2.45, 2.75) is 25.3 Å². The van der Waals surface area contributed by atoms with Crippen molar-refractivity contribution in [1.82, 2.24) is 24.9 Å². The molecule has 10 heteroatoms. The second-order valence-corrected chi connectivity index (χ2v) is 7.94. The molecule has 5 rings (SSSR count). The van der Waals surface area contributed by atoms with Gasteiger partial charge in [0.2, 0.25) is 5.88 Å². The third kappa shape index (κ3) is 4.02. The van der Waals surface area contributed by atoms with Crippen LogP contribution in [-0.4, -0.2) is 45.8 Å². The summed E-state index contributed by atoms with van der Waals surface area (Å²) in [6, 6.07) is 10.1. The van der Waals surface area contributed by atoms with Crippen LogP contribution in [-0.2, 0) is 0 Å². The summed E-state index contributed by atoms with van der Waals surface area (Å²) >= 11 is 0. The molecule has 34 heavy (non-hydrogen) atoms. The van der Waals surface area contributed by atoms with E-state index < -0.39 is 12.3 Å². The minimum Gasteiger partial charge on any atom is -0.496 e. The number of imidazole rings is 1. The lowest BCUT2D eigenvalue weighted by molar-refractivity contribution is 0.0933. The van der Waals surface area contributed by atoms with Gasteiger partial charge >= 0.3 is 0 Å². The van der Waals surface area contributed by atoms with E-state index in [2.05, 4.69) is 20.5 Å². The molecule has 0 unspecified atom stereocenters. The lowest BCUT2D eigenvalue weighted by Gasteiger charge is -2.16. The average Bonchev–Trinajstić information content (AvgIpc) is 3.57. The number of alkyl halides is 2. The quantitative estimate of drug-likeness (QED) is 0.438. The standard InChI is InChI=1S/C24H21F2N5O3/c1-33-19-10-14(9-16(23(25)26)22(19)24(32)28-15-3-4-15)18-12-27-20-11-13(7-8-31(18)20)17-5-6-21(34-2)30-29-17/h5-12,15,23H,3-4H2,1-2H3,(H,28,32). The molecule has 1 aliphatic rings. The zero-order valence-electron chi connectivity index (χ0n) is 18.5. The van der Waals surface area contributed by atoms with E-state index in [1.54, 1.807) is 35.0 Å². The van der Waals surface area contributed by atoms with Crippen LogP contribution in [0.4, 0.5) is 8.78 Å². The molecule has 0 atom stereocenters. The zero-order valence-corrected chi connectivity index (χ0v) is 18.5. The smallest absolute Gasteiger partial charge is 0.264 e. The second-order valence-electron chi connectivity index (χ2n) is 7.94. The highest BCUT2D eigenvalue weighted by Crippen LogP contribution is 2.36. The molecule has 4 aromatic rings. The van der Waals surface area contributed by atoms with Gasteiger partial charge < -0.3 is 14.8 Å². The summed E-state index contributed by atoms with van der Waals surface area (Å²) < 4.78 is 40.2. The number of pyridine rings is 1. The van der Waals surface area contributed by atoms with E-state index in [9.17, 15) is 13.6 Å². The molecule has 0 bridgehead atoms. The monoisotopic (exact) mass is 465 g/mol. The Labute approximate surface area is 193 Å². The fraction of sp³-hybridized carbons (Fsp3) is 0.250. The van der Waals surface area contributed by atoms with E-state index in [-0.39, 0.29) is 22.9 Å². The van der Waals surface area contributed by atoms with Crippen molar-refractivity contribution in [2.24, 2.45) is 0 Å². The lowest BCUT2D eigenvalue weighted by atomic mass is 10.00. The van der Waals surface area contributed by atoms with Gasteiger partial charge in [0.1, 0.15) is 11.4 Å². The number of ether oxygens (including phenoxy) is 2. The van der Waals surface area contributed by atoms with Crippen molar-refractivity contribution < 1.29 is 23.0 Å². The molecule has 1 N–H and O–H groups in total. The second kappa shape index (κ2) is 8.69. The van der Waals surface area contributed by atoms with Gasteiger partial charge in [0, 0.05) is 35.0 Å². The van der Waals surface area contributed by atoms with E-state index in [1.165, 1.54) is 20.3 Å². The van der Waals surface area contributed by atoms with E-state index in [4.69, 9.17) is 9.47 Å². The molecule has 0 radical (unpaired) electrons.